The summed E-state index contributed by atoms with van der Waals surface area (Å²) in [6.45, 7) is 10.4. The molecule has 8 heteroatoms. The Balaban J connectivity index is 2.08. The molecular formula is C19H30O7Si. The van der Waals surface area contributed by atoms with E-state index in [0.29, 0.717) is 0 Å². The van der Waals surface area contributed by atoms with Crippen LogP contribution in [0, 0.1) is 0 Å². The summed E-state index contributed by atoms with van der Waals surface area (Å²) in [6.07, 6.45) is -6.73. The number of hydrogen-bond acceptors (Lipinski definition) is 7. The van der Waals surface area contributed by atoms with E-state index < -0.39 is 45.0 Å². The van der Waals surface area contributed by atoms with Gasteiger partial charge in [0, 0.05) is 0 Å². The fourth-order valence-corrected chi connectivity index (χ4v) is 3.48. The summed E-state index contributed by atoms with van der Waals surface area (Å²) in [7, 11) is -2.11. The second kappa shape index (κ2) is 8.38. The Labute approximate surface area is 161 Å². The minimum atomic E-state index is -2.11. The van der Waals surface area contributed by atoms with Gasteiger partial charge in [0.15, 0.2) is 20.7 Å². The highest BCUT2D eigenvalue weighted by atomic mass is 28.4. The van der Waals surface area contributed by atoms with Crippen LogP contribution in [0.5, 0.6) is 0 Å². The van der Waals surface area contributed by atoms with Gasteiger partial charge in [0.05, 0.1) is 12.2 Å². The monoisotopic (exact) mass is 398 g/mol. The number of aliphatic hydroxyl groups is 3. The van der Waals surface area contributed by atoms with Gasteiger partial charge in [-0.2, -0.15) is 0 Å². The number of rotatable bonds is 5. The number of aliphatic hydroxyl groups excluding tert-OH is 3. The lowest BCUT2D eigenvalue weighted by Crippen LogP contribution is -2.60. The normalized spacial score (nSPS) is 29.4. The fourth-order valence-electron chi connectivity index (χ4n) is 2.47. The molecule has 0 spiro atoms. The van der Waals surface area contributed by atoms with E-state index in [1.807, 2.05) is 0 Å². The number of ether oxygens (including phenoxy) is 2. The van der Waals surface area contributed by atoms with E-state index in [9.17, 15) is 20.1 Å². The summed E-state index contributed by atoms with van der Waals surface area (Å²) in [6, 6.07) is 8.24. The van der Waals surface area contributed by atoms with Crippen molar-refractivity contribution < 1.29 is 34.0 Å². The molecule has 0 aliphatic carbocycles. The van der Waals surface area contributed by atoms with E-state index in [1.54, 1.807) is 30.3 Å². The van der Waals surface area contributed by atoms with Gasteiger partial charge in [-0.1, -0.05) is 39.0 Å². The molecule has 1 saturated heterocycles. The maximum atomic E-state index is 12.3. The zero-order valence-electron chi connectivity index (χ0n) is 16.5. The van der Waals surface area contributed by atoms with Gasteiger partial charge in [-0.15, -0.1) is 0 Å². The number of benzene rings is 1. The molecule has 1 aliphatic heterocycles. The molecule has 0 aromatic heterocycles. The molecule has 0 unspecified atom stereocenters. The predicted octanol–water partition coefficient (Wildman–Crippen LogP) is 1.67. The highest BCUT2D eigenvalue weighted by Gasteiger charge is 2.47. The molecule has 0 bridgehead atoms. The molecule has 3 N–H and O–H groups in total. The SMILES string of the molecule is CC(C)(C)[Si](C)(C)OC[C@H]1O[C@H](O)[C@H](O)[C@@H](OC(=O)c2ccccc2)[C@H]1O. The van der Waals surface area contributed by atoms with Crippen molar-refractivity contribution >= 4 is 14.3 Å². The van der Waals surface area contributed by atoms with Crippen LogP contribution in [0.3, 0.4) is 0 Å². The van der Waals surface area contributed by atoms with Crippen LogP contribution in [0.25, 0.3) is 0 Å². The van der Waals surface area contributed by atoms with Crippen molar-refractivity contribution in [2.24, 2.45) is 0 Å². The van der Waals surface area contributed by atoms with Gasteiger partial charge in [0.1, 0.15) is 18.3 Å². The molecule has 0 saturated carbocycles. The Bertz CT molecular complexity index is 629. The Morgan fingerprint density at radius 3 is 2.26 bits per heavy atom. The zero-order chi connectivity index (χ0) is 20.4. The second-order valence-electron chi connectivity index (χ2n) is 8.35. The molecular weight excluding hydrogens is 368 g/mol. The number of carbonyl (C=O) groups is 1. The third kappa shape index (κ3) is 5.16. The van der Waals surface area contributed by atoms with Crippen LogP contribution in [0.1, 0.15) is 31.1 Å². The third-order valence-corrected chi connectivity index (χ3v) is 9.83. The Morgan fingerprint density at radius 2 is 1.70 bits per heavy atom. The van der Waals surface area contributed by atoms with Gasteiger partial charge >= 0.3 is 5.97 Å². The molecule has 152 valence electrons. The first-order chi connectivity index (χ1) is 12.4. The highest BCUT2D eigenvalue weighted by molar-refractivity contribution is 6.74. The molecule has 1 aromatic carbocycles. The van der Waals surface area contributed by atoms with Crippen LogP contribution in [0.15, 0.2) is 30.3 Å². The smallest absolute Gasteiger partial charge is 0.338 e. The van der Waals surface area contributed by atoms with Gasteiger partial charge in [0.2, 0.25) is 0 Å². The molecule has 0 radical (unpaired) electrons. The number of hydrogen-bond donors (Lipinski definition) is 3. The lowest BCUT2D eigenvalue weighted by atomic mass is 9.99. The molecule has 0 amide bonds. The van der Waals surface area contributed by atoms with Crippen molar-refractivity contribution in [3.05, 3.63) is 35.9 Å². The number of carbonyl (C=O) groups excluding carboxylic acids is 1. The first-order valence-electron chi connectivity index (χ1n) is 9.04. The van der Waals surface area contributed by atoms with Crippen LogP contribution >= 0.6 is 0 Å². The van der Waals surface area contributed by atoms with E-state index in [0.717, 1.165) is 0 Å². The van der Waals surface area contributed by atoms with Crippen LogP contribution < -0.4 is 0 Å². The Morgan fingerprint density at radius 1 is 1.11 bits per heavy atom. The van der Waals surface area contributed by atoms with Crippen molar-refractivity contribution in [2.45, 2.75) is 69.6 Å². The molecule has 7 nitrogen and oxygen atoms in total. The minimum Gasteiger partial charge on any atom is -0.453 e. The minimum absolute atomic E-state index is 0.0286. The lowest BCUT2D eigenvalue weighted by Gasteiger charge is -2.42. The number of esters is 1. The van der Waals surface area contributed by atoms with E-state index in [1.165, 1.54) is 0 Å². The van der Waals surface area contributed by atoms with Gasteiger partial charge in [-0.05, 0) is 30.3 Å². The van der Waals surface area contributed by atoms with Crippen LogP contribution in [0.2, 0.25) is 18.1 Å². The molecule has 1 heterocycles. The summed E-state index contributed by atoms with van der Waals surface area (Å²) >= 11 is 0. The maximum absolute atomic E-state index is 12.3. The first-order valence-corrected chi connectivity index (χ1v) is 11.9. The topological polar surface area (TPSA) is 105 Å². The Kier molecular flexibility index (Phi) is 6.83. The van der Waals surface area contributed by atoms with Crippen molar-refractivity contribution in [3.63, 3.8) is 0 Å². The maximum Gasteiger partial charge on any atom is 0.338 e. The third-order valence-electron chi connectivity index (χ3n) is 5.33. The first kappa shape index (κ1) is 22.0. The van der Waals surface area contributed by atoms with E-state index in [4.69, 9.17) is 13.9 Å². The van der Waals surface area contributed by atoms with E-state index in [2.05, 4.69) is 33.9 Å². The average Bonchev–Trinajstić information content (AvgIpc) is 2.60. The molecule has 1 aromatic rings. The summed E-state index contributed by atoms with van der Waals surface area (Å²) in [5.74, 6) is -0.697. The van der Waals surface area contributed by atoms with Crippen LogP contribution in [-0.2, 0) is 13.9 Å². The quantitative estimate of drug-likeness (QED) is 0.512. The zero-order valence-corrected chi connectivity index (χ0v) is 17.5. The summed E-state index contributed by atoms with van der Waals surface area (Å²) in [5.41, 5.74) is 0.284. The molecule has 27 heavy (non-hydrogen) atoms. The van der Waals surface area contributed by atoms with Crippen LogP contribution in [0.4, 0.5) is 0 Å². The summed E-state index contributed by atoms with van der Waals surface area (Å²) < 4.78 is 16.6. The summed E-state index contributed by atoms with van der Waals surface area (Å²) in [4.78, 5) is 12.3. The fraction of sp³-hybridized carbons (Fsp3) is 0.632. The molecule has 1 aliphatic rings. The molecule has 2 rings (SSSR count). The second-order valence-corrected chi connectivity index (χ2v) is 13.2. The van der Waals surface area contributed by atoms with Gasteiger partial charge < -0.3 is 29.2 Å². The average molecular weight is 399 g/mol. The predicted molar refractivity (Wildman–Crippen MR) is 102 cm³/mol. The largest absolute Gasteiger partial charge is 0.453 e. The van der Waals surface area contributed by atoms with E-state index >= 15 is 0 Å². The highest BCUT2D eigenvalue weighted by Crippen LogP contribution is 2.37. The van der Waals surface area contributed by atoms with Gasteiger partial charge in [-0.25, -0.2) is 4.79 Å². The standard InChI is InChI=1S/C19H30O7Si/c1-19(2,3)27(4,5)24-11-13-14(20)16(15(21)18(23)25-13)26-17(22)12-9-7-6-8-10-12/h6-10,13-16,18,20-21,23H,11H2,1-5H3/t13-,14+,15-,16+,18+/m1/s1. The van der Waals surface area contributed by atoms with E-state index in [-0.39, 0.29) is 17.2 Å². The molecule has 5 atom stereocenters. The van der Waals surface area contributed by atoms with Gasteiger partial charge in [0.25, 0.3) is 0 Å². The van der Waals surface area contributed by atoms with Crippen molar-refractivity contribution in [3.8, 4) is 0 Å². The molecule has 1 fully saturated rings. The van der Waals surface area contributed by atoms with Crippen molar-refractivity contribution in [1.82, 2.24) is 0 Å². The summed E-state index contributed by atoms with van der Waals surface area (Å²) in [5, 5.41) is 30.7. The Hall–Kier alpha value is -1.29. The van der Waals surface area contributed by atoms with Crippen molar-refractivity contribution in [1.29, 1.82) is 0 Å². The lowest BCUT2D eigenvalue weighted by molar-refractivity contribution is -0.285. The van der Waals surface area contributed by atoms with Crippen LogP contribution in [-0.4, -0.2) is 66.9 Å². The van der Waals surface area contributed by atoms with Crippen molar-refractivity contribution in [2.75, 3.05) is 6.61 Å². The van der Waals surface area contributed by atoms with Gasteiger partial charge in [-0.3, -0.25) is 0 Å².